The summed E-state index contributed by atoms with van der Waals surface area (Å²) in [6.45, 7) is 5.64. The number of nitrogens with two attached hydrogens (primary N) is 1. The summed E-state index contributed by atoms with van der Waals surface area (Å²) in [7, 11) is 0. The molecule has 2 fully saturated rings. The fourth-order valence-corrected chi connectivity index (χ4v) is 4.04. The Morgan fingerprint density at radius 2 is 1.95 bits per heavy atom. The molecule has 1 saturated carbocycles. The number of hydrogen-bond acceptors (Lipinski definition) is 2. The molecular weight excluding hydrogens is 287 g/mol. The molecule has 4 heteroatoms. The first-order chi connectivity index (χ1) is 9.63. The van der Waals surface area contributed by atoms with E-state index in [4.69, 9.17) is 5.73 Å². The first-order valence-electron chi connectivity index (χ1n) is 7.87. The standard InChI is InChI=1S/C17H25FN2.ClH/c1-12(13-5-7-15(18)8-6-13)9-20-10-14-3-2-4-17(19)16(14)11-20;/h5-8,12,14,16-17H,2-4,9-11,19H2,1H3;1H. The van der Waals surface area contributed by atoms with E-state index < -0.39 is 0 Å². The van der Waals surface area contributed by atoms with Gasteiger partial charge in [0.2, 0.25) is 0 Å². The first-order valence-corrected chi connectivity index (χ1v) is 7.87. The Labute approximate surface area is 133 Å². The Morgan fingerprint density at radius 3 is 2.62 bits per heavy atom. The lowest BCUT2D eigenvalue weighted by Gasteiger charge is -2.30. The fourth-order valence-electron chi connectivity index (χ4n) is 4.04. The summed E-state index contributed by atoms with van der Waals surface area (Å²) in [4.78, 5) is 2.56. The van der Waals surface area contributed by atoms with Gasteiger partial charge < -0.3 is 10.6 Å². The van der Waals surface area contributed by atoms with E-state index in [1.165, 1.54) is 31.4 Å². The van der Waals surface area contributed by atoms with Crippen molar-refractivity contribution in [2.24, 2.45) is 17.6 Å². The lowest BCUT2D eigenvalue weighted by Crippen LogP contribution is -2.38. The molecule has 21 heavy (non-hydrogen) atoms. The van der Waals surface area contributed by atoms with Crippen molar-refractivity contribution in [1.82, 2.24) is 4.90 Å². The van der Waals surface area contributed by atoms with Crippen molar-refractivity contribution in [2.45, 2.75) is 38.1 Å². The van der Waals surface area contributed by atoms with E-state index in [1.807, 2.05) is 12.1 Å². The molecule has 3 rings (SSSR count). The van der Waals surface area contributed by atoms with E-state index in [9.17, 15) is 4.39 Å². The topological polar surface area (TPSA) is 29.3 Å². The number of fused-ring (bicyclic) bond motifs is 1. The van der Waals surface area contributed by atoms with Gasteiger partial charge in [-0.15, -0.1) is 12.4 Å². The SMILES string of the molecule is CC(CN1CC2CCCC(N)C2C1)c1ccc(F)cc1.Cl. The van der Waals surface area contributed by atoms with Crippen LogP contribution in [0.3, 0.4) is 0 Å². The van der Waals surface area contributed by atoms with Crippen LogP contribution in [-0.2, 0) is 0 Å². The molecule has 1 heterocycles. The molecule has 0 spiro atoms. The van der Waals surface area contributed by atoms with Gasteiger partial charge in [0.1, 0.15) is 5.82 Å². The van der Waals surface area contributed by atoms with Crippen LogP contribution in [0.1, 0.15) is 37.7 Å². The van der Waals surface area contributed by atoms with Gasteiger partial charge in [0.05, 0.1) is 0 Å². The molecule has 0 radical (unpaired) electrons. The van der Waals surface area contributed by atoms with Gasteiger partial charge in [-0.05, 0) is 48.3 Å². The molecule has 2 nitrogen and oxygen atoms in total. The summed E-state index contributed by atoms with van der Waals surface area (Å²) in [5.74, 6) is 1.80. The van der Waals surface area contributed by atoms with Crippen molar-refractivity contribution < 1.29 is 4.39 Å². The average molecular weight is 313 g/mol. The van der Waals surface area contributed by atoms with E-state index in [0.717, 1.165) is 19.0 Å². The molecule has 1 aliphatic heterocycles. The Bertz CT molecular complexity index is 451. The zero-order valence-corrected chi connectivity index (χ0v) is 13.5. The summed E-state index contributed by atoms with van der Waals surface area (Å²) in [5.41, 5.74) is 7.50. The Balaban J connectivity index is 0.00000161. The third-order valence-corrected chi connectivity index (χ3v) is 5.20. The number of hydrogen-bond donors (Lipinski definition) is 1. The van der Waals surface area contributed by atoms with Gasteiger partial charge in [-0.2, -0.15) is 0 Å². The van der Waals surface area contributed by atoms with Crippen LogP contribution >= 0.6 is 12.4 Å². The second-order valence-corrected chi connectivity index (χ2v) is 6.69. The van der Waals surface area contributed by atoms with Crippen LogP contribution in [-0.4, -0.2) is 30.6 Å². The molecule has 2 aliphatic rings. The van der Waals surface area contributed by atoms with Gasteiger partial charge in [0.15, 0.2) is 0 Å². The quantitative estimate of drug-likeness (QED) is 0.926. The molecule has 0 bridgehead atoms. The highest BCUT2D eigenvalue weighted by Gasteiger charge is 2.38. The van der Waals surface area contributed by atoms with Crippen LogP contribution in [0.2, 0.25) is 0 Å². The number of rotatable bonds is 3. The van der Waals surface area contributed by atoms with Gasteiger partial charge in [-0.3, -0.25) is 0 Å². The van der Waals surface area contributed by atoms with Crippen LogP contribution in [0, 0.1) is 17.7 Å². The zero-order valence-electron chi connectivity index (χ0n) is 12.7. The second-order valence-electron chi connectivity index (χ2n) is 6.69. The summed E-state index contributed by atoms with van der Waals surface area (Å²) in [6.07, 6.45) is 3.84. The normalized spacial score (nSPS) is 30.5. The van der Waals surface area contributed by atoms with Gasteiger partial charge in [0, 0.05) is 25.7 Å². The molecule has 2 N–H and O–H groups in total. The van der Waals surface area contributed by atoms with Gasteiger partial charge >= 0.3 is 0 Å². The van der Waals surface area contributed by atoms with E-state index in [1.54, 1.807) is 12.1 Å². The molecule has 0 aromatic heterocycles. The number of nitrogens with zero attached hydrogens (tertiary/aromatic N) is 1. The van der Waals surface area contributed by atoms with Gasteiger partial charge in [0.25, 0.3) is 0 Å². The van der Waals surface area contributed by atoms with Crippen molar-refractivity contribution >= 4 is 12.4 Å². The van der Waals surface area contributed by atoms with Gasteiger partial charge in [-0.1, -0.05) is 25.5 Å². The molecule has 1 aliphatic carbocycles. The van der Waals surface area contributed by atoms with E-state index >= 15 is 0 Å². The minimum absolute atomic E-state index is 0. The molecule has 4 unspecified atom stereocenters. The largest absolute Gasteiger partial charge is 0.327 e. The minimum atomic E-state index is -0.154. The molecule has 118 valence electrons. The summed E-state index contributed by atoms with van der Waals surface area (Å²) in [5, 5.41) is 0. The van der Waals surface area contributed by atoms with Crippen molar-refractivity contribution in [3.8, 4) is 0 Å². The molecule has 4 atom stereocenters. The predicted octanol–water partition coefficient (Wildman–Crippen LogP) is 3.41. The molecular formula is C17H26ClFN2. The van der Waals surface area contributed by atoms with Crippen LogP contribution < -0.4 is 5.73 Å². The van der Waals surface area contributed by atoms with Crippen LogP contribution in [0.15, 0.2) is 24.3 Å². The van der Waals surface area contributed by atoms with Crippen LogP contribution in [0.4, 0.5) is 4.39 Å². The van der Waals surface area contributed by atoms with Crippen molar-refractivity contribution in [3.05, 3.63) is 35.6 Å². The highest BCUT2D eigenvalue weighted by atomic mass is 35.5. The summed E-state index contributed by atoms with van der Waals surface area (Å²) in [6, 6.07) is 7.35. The second kappa shape index (κ2) is 7.08. The van der Waals surface area contributed by atoms with Crippen molar-refractivity contribution in [1.29, 1.82) is 0 Å². The lowest BCUT2D eigenvalue weighted by atomic mass is 9.78. The van der Waals surface area contributed by atoms with E-state index in [-0.39, 0.29) is 18.2 Å². The molecule has 1 saturated heterocycles. The Morgan fingerprint density at radius 1 is 1.24 bits per heavy atom. The smallest absolute Gasteiger partial charge is 0.123 e. The molecule has 1 aromatic rings. The summed E-state index contributed by atoms with van der Waals surface area (Å²) < 4.78 is 13.0. The molecule has 0 amide bonds. The fraction of sp³-hybridized carbons (Fsp3) is 0.647. The van der Waals surface area contributed by atoms with Gasteiger partial charge in [-0.25, -0.2) is 4.39 Å². The first kappa shape index (κ1) is 16.7. The molecule has 1 aromatic carbocycles. The average Bonchev–Trinajstić information content (AvgIpc) is 2.83. The predicted molar refractivity (Wildman–Crippen MR) is 87.3 cm³/mol. The monoisotopic (exact) mass is 312 g/mol. The highest BCUT2D eigenvalue weighted by molar-refractivity contribution is 5.85. The third-order valence-electron chi connectivity index (χ3n) is 5.20. The Kier molecular flexibility index (Phi) is 5.64. The van der Waals surface area contributed by atoms with E-state index in [0.29, 0.717) is 17.9 Å². The third kappa shape index (κ3) is 3.77. The Hall–Kier alpha value is -0.640. The number of halogens is 2. The van der Waals surface area contributed by atoms with Crippen molar-refractivity contribution in [3.63, 3.8) is 0 Å². The van der Waals surface area contributed by atoms with E-state index in [2.05, 4.69) is 11.8 Å². The highest BCUT2D eigenvalue weighted by Crippen LogP contribution is 2.36. The maximum absolute atomic E-state index is 13.0. The zero-order chi connectivity index (χ0) is 14.1. The lowest BCUT2D eigenvalue weighted by molar-refractivity contribution is 0.259. The minimum Gasteiger partial charge on any atom is -0.327 e. The number of benzene rings is 1. The maximum atomic E-state index is 13.0. The number of likely N-dealkylation sites (tertiary alicyclic amines) is 1. The van der Waals surface area contributed by atoms with Crippen LogP contribution in [0.5, 0.6) is 0 Å². The maximum Gasteiger partial charge on any atom is 0.123 e. The summed E-state index contributed by atoms with van der Waals surface area (Å²) >= 11 is 0. The van der Waals surface area contributed by atoms with Crippen LogP contribution in [0.25, 0.3) is 0 Å². The van der Waals surface area contributed by atoms with Crippen molar-refractivity contribution in [2.75, 3.05) is 19.6 Å².